The molecule has 1 amide bonds. The van der Waals surface area contributed by atoms with E-state index in [4.69, 9.17) is 16.3 Å². The standard InChI is InChI=1S/C23H25ClN2O5S/c1-4-25(14-16(2)3)22(27)15-31-23(28)18-9-10-19(24)21(13-18)32(29,30)26-12-11-17-7-5-6-8-20(17)26/h5-10,13H,2,4,11-12,14-15H2,1,3H3. The van der Waals surface area contributed by atoms with Gasteiger partial charge in [0.25, 0.3) is 15.9 Å². The van der Waals surface area contributed by atoms with Gasteiger partial charge in [0.1, 0.15) is 4.90 Å². The highest BCUT2D eigenvalue weighted by Crippen LogP contribution is 2.35. The molecule has 2 aromatic rings. The number of amides is 1. The summed E-state index contributed by atoms with van der Waals surface area (Å²) in [7, 11) is -3.99. The minimum absolute atomic E-state index is 0.000578. The van der Waals surface area contributed by atoms with Crippen LogP contribution in [0, 0.1) is 0 Å². The molecule has 0 aliphatic carbocycles. The van der Waals surface area contributed by atoms with E-state index in [2.05, 4.69) is 6.58 Å². The summed E-state index contributed by atoms with van der Waals surface area (Å²) in [6.07, 6.45) is 0.592. The van der Waals surface area contributed by atoms with Gasteiger partial charge in [-0.3, -0.25) is 9.10 Å². The summed E-state index contributed by atoms with van der Waals surface area (Å²) in [5.74, 6) is -1.17. The molecule has 1 aliphatic heterocycles. The first-order valence-electron chi connectivity index (χ1n) is 10.1. The molecular formula is C23H25ClN2O5S. The zero-order valence-corrected chi connectivity index (χ0v) is 19.6. The fourth-order valence-corrected chi connectivity index (χ4v) is 5.51. The molecule has 0 saturated heterocycles. The van der Waals surface area contributed by atoms with E-state index in [-0.39, 0.29) is 27.9 Å². The van der Waals surface area contributed by atoms with Crippen LogP contribution in [0.25, 0.3) is 0 Å². The SMILES string of the molecule is C=C(C)CN(CC)C(=O)COC(=O)c1ccc(Cl)c(S(=O)(=O)N2CCc3ccccc32)c1. The molecule has 0 spiro atoms. The van der Waals surface area contributed by atoms with Gasteiger partial charge in [-0.2, -0.15) is 0 Å². The van der Waals surface area contributed by atoms with Crippen molar-refractivity contribution in [3.05, 3.63) is 70.8 Å². The van der Waals surface area contributed by atoms with Gasteiger partial charge in [0.05, 0.1) is 16.3 Å². The number of carbonyl (C=O) groups is 2. The van der Waals surface area contributed by atoms with Crippen LogP contribution in [0.3, 0.4) is 0 Å². The smallest absolute Gasteiger partial charge is 0.338 e. The zero-order valence-electron chi connectivity index (χ0n) is 18.0. The molecule has 32 heavy (non-hydrogen) atoms. The molecule has 0 aromatic heterocycles. The number of ether oxygens (including phenoxy) is 1. The van der Waals surface area contributed by atoms with E-state index in [1.165, 1.54) is 27.4 Å². The lowest BCUT2D eigenvalue weighted by molar-refractivity contribution is -0.133. The minimum atomic E-state index is -3.99. The van der Waals surface area contributed by atoms with Crippen molar-refractivity contribution in [2.24, 2.45) is 0 Å². The highest BCUT2D eigenvalue weighted by atomic mass is 35.5. The summed E-state index contributed by atoms with van der Waals surface area (Å²) in [4.78, 5) is 26.2. The van der Waals surface area contributed by atoms with E-state index < -0.39 is 22.6 Å². The monoisotopic (exact) mass is 476 g/mol. The maximum atomic E-state index is 13.3. The van der Waals surface area contributed by atoms with E-state index >= 15 is 0 Å². The highest BCUT2D eigenvalue weighted by molar-refractivity contribution is 7.93. The van der Waals surface area contributed by atoms with Gasteiger partial charge >= 0.3 is 5.97 Å². The number of para-hydroxylation sites is 1. The number of benzene rings is 2. The molecule has 0 bridgehead atoms. The van der Waals surface area contributed by atoms with Crippen LogP contribution in [0.4, 0.5) is 5.69 Å². The second-order valence-electron chi connectivity index (χ2n) is 7.54. The lowest BCUT2D eigenvalue weighted by Gasteiger charge is -2.21. The Morgan fingerprint density at radius 3 is 2.62 bits per heavy atom. The van der Waals surface area contributed by atoms with Gasteiger partial charge in [-0.15, -0.1) is 0 Å². The Hall–Kier alpha value is -2.84. The Bertz CT molecular complexity index is 1160. The van der Waals surface area contributed by atoms with Gasteiger partial charge in [0.2, 0.25) is 0 Å². The van der Waals surface area contributed by atoms with E-state index in [0.29, 0.717) is 25.2 Å². The lowest BCUT2D eigenvalue weighted by Crippen LogP contribution is -2.35. The number of hydrogen-bond acceptors (Lipinski definition) is 5. The molecular weight excluding hydrogens is 452 g/mol. The van der Waals surface area contributed by atoms with Crippen LogP contribution in [0.5, 0.6) is 0 Å². The molecule has 7 nitrogen and oxygen atoms in total. The molecule has 170 valence electrons. The molecule has 2 aromatic carbocycles. The van der Waals surface area contributed by atoms with Crippen molar-refractivity contribution < 1.29 is 22.7 Å². The molecule has 9 heteroatoms. The van der Waals surface area contributed by atoms with E-state index in [1.807, 2.05) is 19.1 Å². The second kappa shape index (κ2) is 9.75. The van der Waals surface area contributed by atoms with Crippen LogP contribution >= 0.6 is 11.6 Å². The molecule has 0 saturated carbocycles. The number of fused-ring (bicyclic) bond motifs is 1. The number of carbonyl (C=O) groups excluding carboxylic acids is 2. The fourth-order valence-electron chi connectivity index (χ4n) is 3.51. The van der Waals surface area contributed by atoms with Crippen molar-refractivity contribution in [3.63, 3.8) is 0 Å². The Morgan fingerprint density at radius 2 is 1.94 bits per heavy atom. The molecule has 0 unspecified atom stereocenters. The molecule has 0 N–H and O–H groups in total. The van der Waals surface area contributed by atoms with Crippen LogP contribution in [-0.2, 0) is 26.0 Å². The third kappa shape index (κ3) is 4.97. The van der Waals surface area contributed by atoms with Crippen molar-refractivity contribution in [3.8, 4) is 0 Å². The molecule has 1 heterocycles. The lowest BCUT2D eigenvalue weighted by atomic mass is 10.2. The summed E-state index contributed by atoms with van der Waals surface area (Å²) in [5, 5.41) is 0.000578. The summed E-state index contributed by atoms with van der Waals surface area (Å²) in [5.41, 5.74) is 2.33. The molecule has 0 radical (unpaired) electrons. The first-order valence-corrected chi connectivity index (χ1v) is 12.0. The van der Waals surface area contributed by atoms with E-state index in [9.17, 15) is 18.0 Å². The zero-order chi connectivity index (χ0) is 23.5. The summed E-state index contributed by atoms with van der Waals surface area (Å²) in [6.45, 7) is 8.05. The van der Waals surface area contributed by atoms with Gasteiger partial charge in [-0.25, -0.2) is 13.2 Å². The number of halogens is 1. The summed E-state index contributed by atoms with van der Waals surface area (Å²) in [6, 6.07) is 11.2. The van der Waals surface area contributed by atoms with Crippen molar-refractivity contribution in [2.45, 2.75) is 25.2 Å². The largest absolute Gasteiger partial charge is 0.452 e. The van der Waals surface area contributed by atoms with Gasteiger partial charge < -0.3 is 9.64 Å². The van der Waals surface area contributed by atoms with Crippen LogP contribution in [0.1, 0.15) is 29.8 Å². The number of sulfonamides is 1. The third-order valence-corrected chi connectivity index (χ3v) is 7.40. The normalized spacial score (nSPS) is 12.9. The van der Waals surface area contributed by atoms with Crippen LogP contribution in [-0.4, -0.2) is 51.4 Å². The first kappa shape index (κ1) is 23.8. The maximum absolute atomic E-state index is 13.3. The number of esters is 1. The second-order valence-corrected chi connectivity index (χ2v) is 9.78. The summed E-state index contributed by atoms with van der Waals surface area (Å²) < 4.78 is 33.0. The number of hydrogen-bond donors (Lipinski definition) is 0. The Labute approximate surface area is 193 Å². The topological polar surface area (TPSA) is 84.0 Å². The Balaban J connectivity index is 1.79. The van der Waals surface area contributed by atoms with E-state index in [0.717, 1.165) is 11.1 Å². The Morgan fingerprint density at radius 1 is 1.22 bits per heavy atom. The van der Waals surface area contributed by atoms with Crippen molar-refractivity contribution in [1.29, 1.82) is 0 Å². The third-order valence-electron chi connectivity index (χ3n) is 5.10. The van der Waals surface area contributed by atoms with Crippen LogP contribution in [0.2, 0.25) is 5.02 Å². The Kier molecular flexibility index (Phi) is 7.26. The first-order chi connectivity index (χ1) is 15.1. The van der Waals surface area contributed by atoms with Gasteiger partial charge in [-0.1, -0.05) is 42.0 Å². The van der Waals surface area contributed by atoms with Crippen LogP contribution in [0.15, 0.2) is 59.5 Å². The quantitative estimate of drug-likeness (QED) is 0.428. The number of rotatable bonds is 8. The van der Waals surface area contributed by atoms with Crippen molar-refractivity contribution >= 4 is 39.2 Å². The maximum Gasteiger partial charge on any atom is 0.338 e. The average molecular weight is 477 g/mol. The highest BCUT2D eigenvalue weighted by Gasteiger charge is 2.32. The van der Waals surface area contributed by atoms with Crippen molar-refractivity contribution in [2.75, 3.05) is 30.5 Å². The summed E-state index contributed by atoms with van der Waals surface area (Å²) >= 11 is 6.20. The number of likely N-dealkylation sites (N-methyl/N-ethyl adjacent to an activating group) is 1. The average Bonchev–Trinajstić information content (AvgIpc) is 3.20. The molecule has 0 fully saturated rings. The molecule has 1 aliphatic rings. The predicted molar refractivity (Wildman–Crippen MR) is 123 cm³/mol. The number of nitrogens with zero attached hydrogens (tertiary/aromatic N) is 2. The predicted octanol–water partition coefficient (Wildman–Crippen LogP) is 3.67. The number of anilines is 1. The molecule has 3 rings (SSSR count). The molecule has 0 atom stereocenters. The minimum Gasteiger partial charge on any atom is -0.452 e. The van der Waals surface area contributed by atoms with Crippen molar-refractivity contribution in [1.82, 2.24) is 4.90 Å². The van der Waals surface area contributed by atoms with Crippen LogP contribution < -0.4 is 4.31 Å². The van der Waals surface area contributed by atoms with Gasteiger partial charge in [0.15, 0.2) is 6.61 Å². The van der Waals surface area contributed by atoms with E-state index in [1.54, 1.807) is 19.1 Å². The fraction of sp³-hybridized carbons (Fsp3) is 0.304. The van der Waals surface area contributed by atoms with Gasteiger partial charge in [0, 0.05) is 19.6 Å². The van der Waals surface area contributed by atoms with Gasteiger partial charge in [-0.05, 0) is 50.1 Å².